The first-order valence-corrected chi connectivity index (χ1v) is 6.93. The first-order chi connectivity index (χ1) is 7.96. The Kier molecular flexibility index (Phi) is 4.71. The Balaban J connectivity index is 2.83. The van der Waals surface area contributed by atoms with E-state index in [0.717, 1.165) is 0 Å². The van der Waals surface area contributed by atoms with Crippen LogP contribution in [0.4, 0.5) is 0 Å². The van der Waals surface area contributed by atoms with Gasteiger partial charge < -0.3 is 10.6 Å². The van der Waals surface area contributed by atoms with Crippen LogP contribution in [0.5, 0.6) is 0 Å². The third-order valence-corrected chi connectivity index (χ3v) is 4.59. The van der Waals surface area contributed by atoms with Gasteiger partial charge in [0.2, 0.25) is 5.91 Å². The summed E-state index contributed by atoms with van der Waals surface area (Å²) in [7, 11) is 1.83. The summed E-state index contributed by atoms with van der Waals surface area (Å²) in [5, 5.41) is 2.03. The average molecular weight is 254 g/mol. The Morgan fingerprint density at radius 3 is 2.53 bits per heavy atom. The SMILES string of the molecule is CCC(N)(CC)C(=O)N(C)C(C)c1cccs1. The second kappa shape index (κ2) is 5.65. The molecule has 0 radical (unpaired) electrons. The maximum Gasteiger partial charge on any atom is 0.242 e. The lowest BCUT2D eigenvalue weighted by molar-refractivity contribution is -0.137. The highest BCUT2D eigenvalue weighted by atomic mass is 32.1. The van der Waals surface area contributed by atoms with Gasteiger partial charge in [-0.25, -0.2) is 0 Å². The third kappa shape index (κ3) is 2.87. The number of nitrogens with two attached hydrogens (primary N) is 1. The molecular weight excluding hydrogens is 232 g/mol. The molecule has 1 aromatic rings. The van der Waals surface area contributed by atoms with Gasteiger partial charge in [-0.05, 0) is 31.2 Å². The highest BCUT2D eigenvalue weighted by molar-refractivity contribution is 7.10. The molecule has 0 aliphatic rings. The monoisotopic (exact) mass is 254 g/mol. The Labute approximate surface area is 108 Å². The number of thiophene rings is 1. The van der Waals surface area contributed by atoms with Crippen molar-refractivity contribution in [3.05, 3.63) is 22.4 Å². The van der Waals surface area contributed by atoms with E-state index in [0.29, 0.717) is 12.8 Å². The molecule has 0 fully saturated rings. The van der Waals surface area contributed by atoms with E-state index in [1.807, 2.05) is 39.3 Å². The van der Waals surface area contributed by atoms with E-state index >= 15 is 0 Å². The van der Waals surface area contributed by atoms with Crippen molar-refractivity contribution in [3.8, 4) is 0 Å². The number of hydrogen-bond acceptors (Lipinski definition) is 3. The number of amides is 1. The topological polar surface area (TPSA) is 46.3 Å². The molecule has 0 saturated carbocycles. The van der Waals surface area contributed by atoms with Gasteiger partial charge in [-0.2, -0.15) is 0 Å². The molecule has 1 unspecified atom stereocenters. The smallest absolute Gasteiger partial charge is 0.242 e. The van der Waals surface area contributed by atoms with Crippen LogP contribution < -0.4 is 5.73 Å². The fourth-order valence-electron chi connectivity index (χ4n) is 1.80. The van der Waals surface area contributed by atoms with Crippen LogP contribution in [-0.2, 0) is 4.79 Å². The fraction of sp³-hybridized carbons (Fsp3) is 0.615. The lowest BCUT2D eigenvalue weighted by atomic mass is 9.92. The lowest BCUT2D eigenvalue weighted by Crippen LogP contribution is -2.53. The van der Waals surface area contributed by atoms with Crippen molar-refractivity contribution >= 4 is 17.2 Å². The molecule has 1 heterocycles. The van der Waals surface area contributed by atoms with Crippen LogP contribution in [0.1, 0.15) is 44.5 Å². The molecule has 2 N–H and O–H groups in total. The molecule has 1 rings (SSSR count). The summed E-state index contributed by atoms with van der Waals surface area (Å²) in [6.45, 7) is 5.96. The van der Waals surface area contributed by atoms with E-state index < -0.39 is 5.54 Å². The number of carbonyl (C=O) groups excluding carboxylic acids is 1. The van der Waals surface area contributed by atoms with Gasteiger partial charge in [-0.1, -0.05) is 19.9 Å². The van der Waals surface area contributed by atoms with Gasteiger partial charge in [0.25, 0.3) is 0 Å². The van der Waals surface area contributed by atoms with Crippen molar-refractivity contribution in [1.29, 1.82) is 0 Å². The van der Waals surface area contributed by atoms with E-state index in [4.69, 9.17) is 5.73 Å². The lowest BCUT2D eigenvalue weighted by Gasteiger charge is -2.33. The fourth-order valence-corrected chi connectivity index (χ4v) is 2.63. The average Bonchev–Trinajstić information content (AvgIpc) is 2.88. The minimum Gasteiger partial charge on any atom is -0.337 e. The van der Waals surface area contributed by atoms with Crippen molar-refractivity contribution in [2.45, 2.75) is 45.2 Å². The van der Waals surface area contributed by atoms with Crippen molar-refractivity contribution in [2.75, 3.05) is 7.05 Å². The zero-order valence-corrected chi connectivity index (χ0v) is 11.9. The number of carbonyl (C=O) groups is 1. The van der Waals surface area contributed by atoms with E-state index in [1.165, 1.54) is 4.88 Å². The zero-order chi connectivity index (χ0) is 13.1. The minimum atomic E-state index is -0.722. The molecule has 0 bridgehead atoms. The molecule has 1 aromatic heterocycles. The van der Waals surface area contributed by atoms with Crippen LogP contribution in [0.25, 0.3) is 0 Å². The summed E-state index contributed by atoms with van der Waals surface area (Å²) in [6.07, 6.45) is 1.34. The van der Waals surface area contributed by atoms with Crippen LogP contribution in [0.2, 0.25) is 0 Å². The highest BCUT2D eigenvalue weighted by Gasteiger charge is 2.34. The van der Waals surface area contributed by atoms with Crippen LogP contribution in [0.15, 0.2) is 17.5 Å². The molecule has 0 saturated heterocycles. The van der Waals surface area contributed by atoms with Crippen molar-refractivity contribution in [1.82, 2.24) is 4.90 Å². The van der Waals surface area contributed by atoms with Crippen LogP contribution >= 0.6 is 11.3 Å². The van der Waals surface area contributed by atoms with E-state index in [-0.39, 0.29) is 11.9 Å². The number of hydrogen-bond donors (Lipinski definition) is 1. The Morgan fingerprint density at radius 1 is 1.53 bits per heavy atom. The van der Waals surface area contributed by atoms with Gasteiger partial charge in [-0.3, -0.25) is 4.79 Å². The molecule has 1 amide bonds. The van der Waals surface area contributed by atoms with E-state index in [1.54, 1.807) is 16.2 Å². The number of rotatable bonds is 5. The largest absolute Gasteiger partial charge is 0.337 e. The van der Waals surface area contributed by atoms with Crippen LogP contribution in [0, 0.1) is 0 Å². The summed E-state index contributed by atoms with van der Waals surface area (Å²) >= 11 is 1.67. The van der Waals surface area contributed by atoms with Gasteiger partial charge in [-0.15, -0.1) is 11.3 Å². The van der Waals surface area contributed by atoms with Gasteiger partial charge in [0, 0.05) is 11.9 Å². The molecule has 0 aliphatic heterocycles. The van der Waals surface area contributed by atoms with E-state index in [9.17, 15) is 4.79 Å². The molecule has 4 heteroatoms. The molecule has 0 aromatic carbocycles. The maximum atomic E-state index is 12.4. The van der Waals surface area contributed by atoms with Gasteiger partial charge in [0.05, 0.1) is 11.6 Å². The number of nitrogens with zero attached hydrogens (tertiary/aromatic N) is 1. The normalized spacial score (nSPS) is 13.5. The van der Waals surface area contributed by atoms with Crippen LogP contribution in [0.3, 0.4) is 0 Å². The molecule has 0 aliphatic carbocycles. The Hall–Kier alpha value is -0.870. The molecule has 1 atom stereocenters. The van der Waals surface area contributed by atoms with Crippen molar-refractivity contribution < 1.29 is 4.79 Å². The van der Waals surface area contributed by atoms with Crippen LogP contribution in [-0.4, -0.2) is 23.4 Å². The first kappa shape index (κ1) is 14.2. The third-order valence-electron chi connectivity index (χ3n) is 3.54. The summed E-state index contributed by atoms with van der Waals surface area (Å²) in [5.41, 5.74) is 5.42. The quantitative estimate of drug-likeness (QED) is 0.878. The molecule has 96 valence electrons. The van der Waals surface area contributed by atoms with Gasteiger partial charge in [0.15, 0.2) is 0 Å². The molecule has 0 spiro atoms. The van der Waals surface area contributed by atoms with Gasteiger partial charge >= 0.3 is 0 Å². The predicted molar refractivity (Wildman–Crippen MR) is 73.0 cm³/mol. The van der Waals surface area contributed by atoms with Crippen molar-refractivity contribution in [2.24, 2.45) is 5.73 Å². The molecule has 17 heavy (non-hydrogen) atoms. The second-order valence-electron chi connectivity index (χ2n) is 4.47. The minimum absolute atomic E-state index is 0.0309. The molecule has 3 nitrogen and oxygen atoms in total. The maximum absolute atomic E-state index is 12.4. The number of likely N-dealkylation sites (N-methyl/N-ethyl adjacent to an activating group) is 1. The summed E-state index contributed by atoms with van der Waals surface area (Å²) < 4.78 is 0. The standard InChI is InChI=1S/C13H22N2OS/c1-5-13(14,6-2)12(16)15(4)10(3)11-8-7-9-17-11/h7-10H,5-6,14H2,1-4H3. The van der Waals surface area contributed by atoms with Gasteiger partial charge in [0.1, 0.15) is 0 Å². The second-order valence-corrected chi connectivity index (χ2v) is 5.45. The zero-order valence-electron chi connectivity index (χ0n) is 11.1. The Bertz CT molecular complexity index is 358. The van der Waals surface area contributed by atoms with Crippen molar-refractivity contribution in [3.63, 3.8) is 0 Å². The van der Waals surface area contributed by atoms with E-state index in [2.05, 4.69) is 6.07 Å². The summed E-state index contributed by atoms with van der Waals surface area (Å²) in [6, 6.07) is 4.14. The first-order valence-electron chi connectivity index (χ1n) is 6.05. The predicted octanol–water partition coefficient (Wildman–Crippen LogP) is 2.79. The summed E-state index contributed by atoms with van der Waals surface area (Å²) in [4.78, 5) is 15.3. The highest BCUT2D eigenvalue weighted by Crippen LogP contribution is 2.26. The molecular formula is C13H22N2OS. The summed E-state index contributed by atoms with van der Waals surface area (Å²) in [5.74, 6) is 0.0309. The Morgan fingerprint density at radius 2 is 2.12 bits per heavy atom.